The van der Waals surface area contributed by atoms with E-state index in [9.17, 15) is 18.0 Å². The van der Waals surface area contributed by atoms with Crippen LogP contribution in [-0.4, -0.2) is 38.9 Å². The van der Waals surface area contributed by atoms with E-state index >= 15 is 0 Å². The first-order chi connectivity index (χ1) is 10.7. The van der Waals surface area contributed by atoms with E-state index in [2.05, 4.69) is 15.0 Å². The summed E-state index contributed by atoms with van der Waals surface area (Å²) in [6, 6.07) is 0. The van der Waals surface area contributed by atoms with Gasteiger partial charge < -0.3 is 15.0 Å². The number of hydrogen-bond donors (Lipinski definition) is 3. The number of sulfonamides is 1. The molecule has 0 aromatic carbocycles. The Hall–Kier alpha value is -1.87. The highest BCUT2D eigenvalue weighted by molar-refractivity contribution is 7.89. The average Bonchev–Trinajstić information content (AvgIpc) is 2.76. The van der Waals surface area contributed by atoms with Gasteiger partial charge in [0.25, 0.3) is 5.91 Å². The maximum absolute atomic E-state index is 12.1. The molecule has 0 unspecified atom stereocenters. The number of methoxy groups -OCH3 is 1. The van der Waals surface area contributed by atoms with Crippen LogP contribution in [0.1, 0.15) is 47.4 Å². The van der Waals surface area contributed by atoms with Gasteiger partial charge in [0.2, 0.25) is 10.0 Å². The first kappa shape index (κ1) is 19.2. The van der Waals surface area contributed by atoms with Crippen molar-refractivity contribution in [3.05, 3.63) is 17.0 Å². The number of rotatable bonds is 8. The highest BCUT2D eigenvalue weighted by Gasteiger charge is 2.23. The number of aromatic amines is 1. The summed E-state index contributed by atoms with van der Waals surface area (Å²) >= 11 is 0. The van der Waals surface area contributed by atoms with Crippen LogP contribution >= 0.6 is 0 Å². The van der Waals surface area contributed by atoms with Crippen LogP contribution in [0.5, 0.6) is 0 Å². The topological polar surface area (TPSA) is 131 Å². The molecule has 0 aliphatic carbocycles. The molecule has 9 heteroatoms. The van der Waals surface area contributed by atoms with Crippen LogP contribution < -0.4 is 10.5 Å². The number of nitrogens with one attached hydrogen (secondary N) is 2. The van der Waals surface area contributed by atoms with Gasteiger partial charge in [-0.05, 0) is 32.3 Å². The molecule has 1 heterocycles. The molecule has 0 aliphatic heterocycles. The molecule has 0 bridgehead atoms. The monoisotopic (exact) mass is 345 g/mol. The molecule has 130 valence electrons. The molecule has 0 aliphatic rings. The summed E-state index contributed by atoms with van der Waals surface area (Å²) in [5.74, 6) is -0.629. The minimum Gasteiger partial charge on any atom is -0.469 e. The first-order valence-electron chi connectivity index (χ1n) is 7.25. The summed E-state index contributed by atoms with van der Waals surface area (Å²) in [4.78, 5) is 25.7. The lowest BCUT2D eigenvalue weighted by Crippen LogP contribution is -2.25. The zero-order valence-corrected chi connectivity index (χ0v) is 14.4. The Kier molecular flexibility index (Phi) is 6.77. The summed E-state index contributed by atoms with van der Waals surface area (Å²) in [7, 11) is -2.53. The fourth-order valence-electron chi connectivity index (χ4n) is 2.35. The molecule has 1 aromatic rings. The maximum Gasteiger partial charge on any atom is 0.305 e. The number of hydrogen-bond acceptors (Lipinski definition) is 5. The van der Waals surface area contributed by atoms with Crippen molar-refractivity contribution in [1.82, 2.24) is 10.3 Å². The van der Waals surface area contributed by atoms with E-state index in [1.54, 1.807) is 6.92 Å². The van der Waals surface area contributed by atoms with Crippen molar-refractivity contribution >= 4 is 21.9 Å². The van der Waals surface area contributed by atoms with Crippen molar-refractivity contribution < 1.29 is 22.7 Å². The van der Waals surface area contributed by atoms with Crippen molar-refractivity contribution in [2.24, 2.45) is 5.14 Å². The largest absolute Gasteiger partial charge is 0.469 e. The minimum atomic E-state index is -3.88. The van der Waals surface area contributed by atoms with E-state index in [0.29, 0.717) is 37.1 Å². The molecular formula is C14H23N3O5S. The van der Waals surface area contributed by atoms with Gasteiger partial charge in [0.15, 0.2) is 0 Å². The highest BCUT2D eigenvalue weighted by atomic mass is 32.2. The second-order valence-corrected chi connectivity index (χ2v) is 6.77. The lowest BCUT2D eigenvalue weighted by molar-refractivity contribution is -0.140. The Morgan fingerprint density at radius 3 is 2.39 bits per heavy atom. The number of unbranched alkanes of at least 4 members (excludes halogenated alkanes) is 2. The van der Waals surface area contributed by atoms with Crippen LogP contribution in [-0.2, 0) is 19.6 Å². The number of carbonyl (C=O) groups excluding carboxylic acids is 2. The third kappa shape index (κ3) is 5.36. The lowest BCUT2D eigenvalue weighted by atomic mass is 10.2. The van der Waals surface area contributed by atoms with Gasteiger partial charge in [-0.25, -0.2) is 13.6 Å². The highest BCUT2D eigenvalue weighted by Crippen LogP contribution is 2.21. The van der Waals surface area contributed by atoms with Crippen molar-refractivity contribution in [2.75, 3.05) is 13.7 Å². The summed E-state index contributed by atoms with van der Waals surface area (Å²) in [6.07, 6.45) is 2.54. The number of nitrogens with two attached hydrogens (primary N) is 1. The molecule has 4 N–H and O–H groups in total. The molecule has 1 rings (SSSR count). The van der Waals surface area contributed by atoms with E-state index in [0.717, 1.165) is 6.42 Å². The van der Waals surface area contributed by atoms with Gasteiger partial charge >= 0.3 is 5.97 Å². The zero-order valence-electron chi connectivity index (χ0n) is 13.6. The number of esters is 1. The second-order valence-electron chi connectivity index (χ2n) is 5.27. The standard InChI is InChI=1S/C14H23N3O5S/c1-9-12(17-10(2)13(9)23(15,20)21)14(19)16-8-6-4-5-7-11(18)22-3/h17H,4-8H2,1-3H3,(H,16,19)(H2,15,20,21). The molecule has 0 fully saturated rings. The maximum atomic E-state index is 12.1. The molecule has 8 nitrogen and oxygen atoms in total. The van der Waals surface area contributed by atoms with Gasteiger partial charge in [-0.3, -0.25) is 9.59 Å². The quantitative estimate of drug-likeness (QED) is 0.472. The summed E-state index contributed by atoms with van der Waals surface area (Å²) < 4.78 is 27.6. The number of carbonyl (C=O) groups is 2. The van der Waals surface area contributed by atoms with Crippen LogP contribution in [0.2, 0.25) is 0 Å². The molecule has 0 atom stereocenters. The minimum absolute atomic E-state index is 0.0410. The molecule has 0 spiro atoms. The number of aromatic nitrogens is 1. The Morgan fingerprint density at radius 1 is 1.22 bits per heavy atom. The molecule has 1 aromatic heterocycles. The van der Waals surface area contributed by atoms with Crippen molar-refractivity contribution in [2.45, 2.75) is 44.4 Å². The van der Waals surface area contributed by atoms with Crippen molar-refractivity contribution in [3.63, 3.8) is 0 Å². The third-order valence-electron chi connectivity index (χ3n) is 3.45. The van der Waals surface area contributed by atoms with Crippen molar-refractivity contribution in [1.29, 1.82) is 0 Å². The predicted molar refractivity (Wildman–Crippen MR) is 84.5 cm³/mol. The molecular weight excluding hydrogens is 322 g/mol. The van der Waals surface area contributed by atoms with Gasteiger partial charge in [-0.15, -0.1) is 0 Å². The predicted octanol–water partition coefficient (Wildman–Crippen LogP) is 0.742. The average molecular weight is 345 g/mol. The fourth-order valence-corrected chi connectivity index (χ4v) is 3.36. The summed E-state index contributed by atoms with van der Waals surface area (Å²) in [6.45, 7) is 3.52. The van der Waals surface area contributed by atoms with E-state index in [1.165, 1.54) is 14.0 Å². The molecule has 0 saturated carbocycles. The van der Waals surface area contributed by atoms with Gasteiger partial charge in [0, 0.05) is 18.7 Å². The summed E-state index contributed by atoms with van der Waals surface area (Å²) in [5, 5.41) is 7.86. The lowest BCUT2D eigenvalue weighted by Gasteiger charge is -2.05. The number of aryl methyl sites for hydroxylation is 1. The van der Waals surface area contributed by atoms with Crippen LogP contribution in [0.25, 0.3) is 0 Å². The van der Waals surface area contributed by atoms with Crippen LogP contribution in [0.4, 0.5) is 0 Å². The number of primary sulfonamides is 1. The van der Waals surface area contributed by atoms with E-state index in [4.69, 9.17) is 5.14 Å². The molecule has 1 amide bonds. The Bertz CT molecular complexity index is 679. The van der Waals surface area contributed by atoms with E-state index in [-0.39, 0.29) is 22.5 Å². The van der Waals surface area contributed by atoms with E-state index in [1.807, 2.05) is 0 Å². The Balaban J connectivity index is 2.52. The summed E-state index contributed by atoms with van der Waals surface area (Å²) in [5.41, 5.74) is 0.850. The Labute approximate surface area is 135 Å². The first-order valence-corrected chi connectivity index (χ1v) is 8.80. The number of ether oxygens (including phenoxy) is 1. The van der Waals surface area contributed by atoms with Crippen molar-refractivity contribution in [3.8, 4) is 0 Å². The second kappa shape index (κ2) is 8.11. The third-order valence-corrected chi connectivity index (χ3v) is 4.63. The molecule has 0 saturated heterocycles. The normalized spacial score (nSPS) is 11.3. The SMILES string of the molecule is COC(=O)CCCCCNC(=O)c1[nH]c(C)c(S(N)(=O)=O)c1C. The van der Waals surface area contributed by atoms with Gasteiger partial charge in [0.05, 0.1) is 7.11 Å². The van der Waals surface area contributed by atoms with Crippen LogP contribution in [0.15, 0.2) is 4.90 Å². The smallest absolute Gasteiger partial charge is 0.305 e. The molecule has 23 heavy (non-hydrogen) atoms. The Morgan fingerprint density at radius 2 is 1.87 bits per heavy atom. The van der Waals surface area contributed by atoms with Gasteiger partial charge in [-0.1, -0.05) is 6.42 Å². The zero-order chi connectivity index (χ0) is 17.6. The number of amides is 1. The van der Waals surface area contributed by atoms with Gasteiger partial charge in [0.1, 0.15) is 10.6 Å². The van der Waals surface area contributed by atoms with Crippen LogP contribution in [0, 0.1) is 13.8 Å². The fraction of sp³-hybridized carbons (Fsp3) is 0.571. The van der Waals surface area contributed by atoms with Gasteiger partial charge in [-0.2, -0.15) is 0 Å². The van der Waals surface area contributed by atoms with Crippen LogP contribution in [0.3, 0.4) is 0 Å². The van der Waals surface area contributed by atoms with E-state index < -0.39 is 10.0 Å². The molecule has 0 radical (unpaired) electrons. The number of H-pyrrole nitrogens is 1.